The van der Waals surface area contributed by atoms with Crippen LogP contribution in [0.15, 0.2) is 29.0 Å². The van der Waals surface area contributed by atoms with E-state index < -0.39 is 0 Å². The van der Waals surface area contributed by atoms with E-state index in [-0.39, 0.29) is 0 Å². The molecular weight excluding hydrogens is 296 g/mol. The molecule has 3 aromatic rings. The first-order chi connectivity index (χ1) is 11.2. The molecule has 0 bridgehead atoms. The maximum Gasteiger partial charge on any atom is 0.263 e. The highest BCUT2D eigenvalue weighted by Crippen LogP contribution is 2.25. The van der Waals surface area contributed by atoms with E-state index in [1.54, 1.807) is 14.2 Å². The second-order valence-electron chi connectivity index (χ2n) is 5.02. The number of ether oxygens (including phenoxy) is 2. The van der Waals surface area contributed by atoms with E-state index in [0.717, 1.165) is 40.4 Å². The number of hydrogen-bond donors (Lipinski definition) is 1. The Bertz CT molecular complexity index is 816. The van der Waals surface area contributed by atoms with Crippen LogP contribution in [0.25, 0.3) is 11.1 Å². The van der Waals surface area contributed by atoms with Crippen molar-refractivity contribution in [3.8, 4) is 11.5 Å². The first-order valence-electron chi connectivity index (χ1n) is 7.24. The molecule has 1 aromatic carbocycles. The van der Waals surface area contributed by atoms with Crippen LogP contribution in [0, 0.1) is 6.92 Å². The number of aryl methyl sites for hydroxylation is 1. The van der Waals surface area contributed by atoms with E-state index in [2.05, 4.69) is 20.4 Å². The van der Waals surface area contributed by atoms with Gasteiger partial charge in [-0.1, -0.05) is 5.16 Å². The van der Waals surface area contributed by atoms with Crippen LogP contribution in [-0.2, 0) is 6.42 Å². The van der Waals surface area contributed by atoms with Crippen LogP contribution in [-0.4, -0.2) is 35.9 Å². The number of fused-ring (bicyclic) bond motifs is 1. The minimum atomic E-state index is 0.485. The zero-order chi connectivity index (χ0) is 16.2. The molecule has 2 heterocycles. The van der Waals surface area contributed by atoms with Gasteiger partial charge < -0.3 is 19.3 Å². The minimum Gasteiger partial charge on any atom is -0.497 e. The third-order valence-corrected chi connectivity index (χ3v) is 3.62. The van der Waals surface area contributed by atoms with Gasteiger partial charge in [0.25, 0.3) is 5.71 Å². The van der Waals surface area contributed by atoms with Crippen LogP contribution in [0.4, 0.5) is 5.82 Å². The van der Waals surface area contributed by atoms with Crippen LogP contribution in [0.5, 0.6) is 11.5 Å². The number of benzene rings is 1. The first-order valence-corrected chi connectivity index (χ1v) is 7.24. The molecule has 0 aliphatic rings. The fraction of sp³-hybridized carbons (Fsp3) is 0.312. The van der Waals surface area contributed by atoms with Crippen LogP contribution in [0.2, 0.25) is 0 Å². The molecule has 0 radical (unpaired) electrons. The number of nitrogens with one attached hydrogen (secondary N) is 1. The lowest BCUT2D eigenvalue weighted by atomic mass is 10.1. The molecule has 0 aliphatic carbocycles. The molecule has 0 fully saturated rings. The average molecular weight is 314 g/mol. The molecule has 0 unspecified atom stereocenters. The number of nitrogens with zero attached hydrogens (tertiary/aromatic N) is 3. The van der Waals surface area contributed by atoms with Gasteiger partial charge in [0, 0.05) is 6.54 Å². The minimum absolute atomic E-state index is 0.485. The molecule has 120 valence electrons. The number of aromatic nitrogens is 3. The molecule has 1 N–H and O–H groups in total. The second kappa shape index (κ2) is 6.51. The summed E-state index contributed by atoms with van der Waals surface area (Å²) in [6.07, 6.45) is 2.22. The van der Waals surface area contributed by atoms with Gasteiger partial charge in [-0.15, -0.1) is 0 Å². The molecule has 0 aliphatic heterocycles. The number of anilines is 1. The van der Waals surface area contributed by atoms with Crippen molar-refractivity contribution in [2.75, 3.05) is 26.1 Å². The van der Waals surface area contributed by atoms with Gasteiger partial charge in [0.1, 0.15) is 29.0 Å². The predicted molar refractivity (Wildman–Crippen MR) is 86.1 cm³/mol. The van der Waals surface area contributed by atoms with E-state index in [1.807, 2.05) is 25.1 Å². The van der Waals surface area contributed by atoms with E-state index in [4.69, 9.17) is 14.0 Å². The lowest BCUT2D eigenvalue weighted by Gasteiger charge is -2.11. The molecule has 3 rings (SSSR count). The van der Waals surface area contributed by atoms with Crippen molar-refractivity contribution in [1.29, 1.82) is 0 Å². The Labute approximate surface area is 133 Å². The maximum absolute atomic E-state index is 5.39. The van der Waals surface area contributed by atoms with Gasteiger partial charge in [-0.3, -0.25) is 0 Å². The monoisotopic (exact) mass is 314 g/mol. The third-order valence-electron chi connectivity index (χ3n) is 3.62. The Hall–Kier alpha value is -2.83. The van der Waals surface area contributed by atoms with Crippen molar-refractivity contribution in [2.24, 2.45) is 0 Å². The Morgan fingerprint density at radius 2 is 2.04 bits per heavy atom. The van der Waals surface area contributed by atoms with Gasteiger partial charge >= 0.3 is 0 Å². The van der Waals surface area contributed by atoms with Crippen LogP contribution >= 0.6 is 0 Å². The molecule has 7 nitrogen and oxygen atoms in total. The van der Waals surface area contributed by atoms with Crippen LogP contribution in [0.1, 0.15) is 11.3 Å². The molecule has 0 spiro atoms. The van der Waals surface area contributed by atoms with E-state index >= 15 is 0 Å². The highest BCUT2D eigenvalue weighted by molar-refractivity contribution is 5.87. The SMILES string of the molecule is COc1ccc(OC)c(CCNc2ncnc3onc(C)c23)c1. The van der Waals surface area contributed by atoms with Crippen molar-refractivity contribution in [3.63, 3.8) is 0 Å². The Kier molecular flexibility index (Phi) is 4.27. The van der Waals surface area contributed by atoms with Gasteiger partial charge in [-0.2, -0.15) is 4.98 Å². The highest BCUT2D eigenvalue weighted by Gasteiger charge is 2.12. The lowest BCUT2D eigenvalue weighted by Crippen LogP contribution is -2.08. The van der Waals surface area contributed by atoms with Gasteiger partial charge in [0.05, 0.1) is 19.9 Å². The van der Waals surface area contributed by atoms with Crippen LogP contribution < -0.4 is 14.8 Å². The quantitative estimate of drug-likeness (QED) is 0.748. The fourth-order valence-electron chi connectivity index (χ4n) is 2.45. The number of rotatable bonds is 6. The molecular formula is C16H18N4O3. The van der Waals surface area contributed by atoms with Crippen molar-refractivity contribution in [1.82, 2.24) is 15.1 Å². The summed E-state index contributed by atoms with van der Waals surface area (Å²) in [7, 11) is 3.31. The zero-order valence-corrected chi connectivity index (χ0v) is 13.3. The van der Waals surface area contributed by atoms with E-state index in [9.17, 15) is 0 Å². The molecule has 0 amide bonds. The fourth-order valence-corrected chi connectivity index (χ4v) is 2.45. The van der Waals surface area contributed by atoms with Gasteiger partial charge in [-0.05, 0) is 37.1 Å². The third kappa shape index (κ3) is 3.03. The standard InChI is InChI=1S/C16H18N4O3/c1-10-14-15(18-9-19-16(14)23-20-10)17-7-6-11-8-12(21-2)4-5-13(11)22-3/h4-5,8-9H,6-7H2,1-3H3,(H,17,18,19). The Balaban J connectivity index is 1.75. The second-order valence-corrected chi connectivity index (χ2v) is 5.02. The highest BCUT2D eigenvalue weighted by atomic mass is 16.5. The molecule has 23 heavy (non-hydrogen) atoms. The smallest absolute Gasteiger partial charge is 0.263 e. The summed E-state index contributed by atoms with van der Waals surface area (Å²) in [5.74, 6) is 2.36. The largest absolute Gasteiger partial charge is 0.497 e. The molecule has 2 aromatic heterocycles. The Morgan fingerprint density at radius 1 is 1.17 bits per heavy atom. The molecule has 0 atom stereocenters. The van der Waals surface area contributed by atoms with Crippen molar-refractivity contribution < 1.29 is 14.0 Å². The van der Waals surface area contributed by atoms with E-state index in [0.29, 0.717) is 12.3 Å². The summed E-state index contributed by atoms with van der Waals surface area (Å²) < 4.78 is 15.8. The van der Waals surface area contributed by atoms with Crippen molar-refractivity contribution in [2.45, 2.75) is 13.3 Å². The topological polar surface area (TPSA) is 82.3 Å². The first kappa shape index (κ1) is 15.1. The summed E-state index contributed by atoms with van der Waals surface area (Å²) in [6, 6.07) is 5.76. The van der Waals surface area contributed by atoms with Crippen LogP contribution in [0.3, 0.4) is 0 Å². The van der Waals surface area contributed by atoms with Gasteiger partial charge in [0.2, 0.25) is 0 Å². The number of hydrogen-bond acceptors (Lipinski definition) is 7. The predicted octanol–water partition coefficient (Wildman–Crippen LogP) is 2.60. The van der Waals surface area contributed by atoms with E-state index in [1.165, 1.54) is 6.33 Å². The Morgan fingerprint density at radius 3 is 2.83 bits per heavy atom. The normalized spacial score (nSPS) is 10.7. The lowest BCUT2D eigenvalue weighted by molar-refractivity contribution is 0.399. The zero-order valence-electron chi connectivity index (χ0n) is 13.3. The molecule has 7 heteroatoms. The molecule has 0 saturated carbocycles. The summed E-state index contributed by atoms with van der Waals surface area (Å²) in [5, 5.41) is 8.03. The van der Waals surface area contributed by atoms with Gasteiger partial charge in [-0.25, -0.2) is 4.98 Å². The summed E-state index contributed by atoms with van der Waals surface area (Å²) in [6.45, 7) is 2.55. The summed E-state index contributed by atoms with van der Waals surface area (Å²) >= 11 is 0. The average Bonchev–Trinajstić information content (AvgIpc) is 2.97. The number of methoxy groups -OCH3 is 2. The molecule has 0 saturated heterocycles. The maximum atomic E-state index is 5.39. The van der Waals surface area contributed by atoms with Gasteiger partial charge in [0.15, 0.2) is 0 Å². The van der Waals surface area contributed by atoms with Crippen molar-refractivity contribution in [3.05, 3.63) is 35.8 Å². The van der Waals surface area contributed by atoms with Crippen molar-refractivity contribution >= 4 is 16.9 Å². The summed E-state index contributed by atoms with van der Waals surface area (Å²) in [4.78, 5) is 8.33. The summed E-state index contributed by atoms with van der Waals surface area (Å²) in [5.41, 5.74) is 2.31.